The summed E-state index contributed by atoms with van der Waals surface area (Å²) in [6, 6.07) is 2.95. The van der Waals surface area contributed by atoms with E-state index in [4.69, 9.17) is 4.74 Å². The first-order valence-electron chi connectivity index (χ1n) is 4.14. The van der Waals surface area contributed by atoms with Crippen molar-refractivity contribution >= 4 is 21.9 Å². The third-order valence-corrected chi connectivity index (χ3v) is 2.53. The second-order valence-electron chi connectivity index (χ2n) is 2.78. The van der Waals surface area contributed by atoms with Crippen molar-refractivity contribution in [1.29, 1.82) is 0 Å². The van der Waals surface area contributed by atoms with Gasteiger partial charge in [0.25, 0.3) is 0 Å². The van der Waals surface area contributed by atoms with Gasteiger partial charge in [-0.2, -0.15) is 0 Å². The summed E-state index contributed by atoms with van der Waals surface area (Å²) in [6.07, 6.45) is 0. The summed E-state index contributed by atoms with van der Waals surface area (Å²) in [4.78, 5) is 11.2. The zero-order valence-corrected chi connectivity index (χ0v) is 9.93. The highest BCUT2D eigenvalue weighted by atomic mass is 79.9. The van der Waals surface area contributed by atoms with Crippen molar-refractivity contribution in [2.45, 2.75) is 5.33 Å². The Morgan fingerprint density at radius 1 is 1.47 bits per heavy atom. The number of benzene rings is 1. The lowest BCUT2D eigenvalue weighted by Crippen LogP contribution is -2.06. The molecule has 0 aliphatic carbocycles. The summed E-state index contributed by atoms with van der Waals surface area (Å²) in [5.41, 5.74) is 0.625. The van der Waals surface area contributed by atoms with Crippen LogP contribution in [-0.2, 0) is 10.1 Å². The Morgan fingerprint density at radius 2 is 2.13 bits per heavy atom. The van der Waals surface area contributed by atoms with Crippen molar-refractivity contribution in [3.8, 4) is 5.75 Å². The molecule has 0 amide bonds. The van der Waals surface area contributed by atoms with Gasteiger partial charge in [-0.15, -0.1) is 0 Å². The molecule has 0 saturated heterocycles. The molecule has 0 aliphatic rings. The van der Waals surface area contributed by atoms with Crippen molar-refractivity contribution in [1.82, 2.24) is 0 Å². The number of rotatable bonds is 3. The molecule has 1 rings (SSSR count). The predicted molar refractivity (Wildman–Crippen MR) is 56.9 cm³/mol. The number of carbonyl (C=O) groups excluding carboxylic acids is 1. The third kappa shape index (κ3) is 2.47. The van der Waals surface area contributed by atoms with E-state index in [-0.39, 0.29) is 11.3 Å². The average Bonchev–Trinajstić information content (AvgIpc) is 2.28. The highest BCUT2D eigenvalue weighted by Crippen LogP contribution is 2.24. The molecule has 0 saturated carbocycles. The van der Waals surface area contributed by atoms with E-state index in [0.717, 1.165) is 5.56 Å². The van der Waals surface area contributed by atoms with Crippen LogP contribution in [0.25, 0.3) is 0 Å². The zero-order chi connectivity index (χ0) is 11.4. The van der Waals surface area contributed by atoms with Crippen molar-refractivity contribution in [3.05, 3.63) is 29.1 Å². The van der Waals surface area contributed by atoms with Gasteiger partial charge >= 0.3 is 5.97 Å². The molecule has 0 spiro atoms. The van der Waals surface area contributed by atoms with E-state index in [1.807, 2.05) is 0 Å². The van der Waals surface area contributed by atoms with Gasteiger partial charge in [0.1, 0.15) is 0 Å². The average molecular weight is 277 g/mol. The lowest BCUT2D eigenvalue weighted by molar-refractivity contribution is 0.0594. The lowest BCUT2D eigenvalue weighted by Gasteiger charge is -2.08. The number of alkyl halides is 1. The number of carbonyl (C=O) groups is 1. The van der Waals surface area contributed by atoms with Gasteiger partial charge in [-0.05, 0) is 17.7 Å². The molecule has 15 heavy (non-hydrogen) atoms. The van der Waals surface area contributed by atoms with Crippen LogP contribution in [0.4, 0.5) is 4.39 Å². The second-order valence-corrected chi connectivity index (χ2v) is 3.35. The summed E-state index contributed by atoms with van der Waals surface area (Å²) in [7, 11) is 2.55. The Bertz CT molecular complexity index is 379. The van der Waals surface area contributed by atoms with Gasteiger partial charge in [-0.25, -0.2) is 9.18 Å². The van der Waals surface area contributed by atoms with Crippen molar-refractivity contribution in [3.63, 3.8) is 0 Å². The third-order valence-electron chi connectivity index (χ3n) is 1.88. The molecule has 82 valence electrons. The smallest absolute Gasteiger partial charge is 0.341 e. The van der Waals surface area contributed by atoms with Crippen LogP contribution in [0.3, 0.4) is 0 Å². The number of halogens is 2. The molecule has 0 fully saturated rings. The molecule has 0 unspecified atom stereocenters. The van der Waals surface area contributed by atoms with E-state index < -0.39 is 11.8 Å². The molecule has 0 radical (unpaired) electrons. The first kappa shape index (κ1) is 12.0. The quantitative estimate of drug-likeness (QED) is 0.629. The van der Waals surface area contributed by atoms with E-state index in [0.29, 0.717) is 5.33 Å². The molecule has 5 heteroatoms. The van der Waals surface area contributed by atoms with Crippen LogP contribution >= 0.6 is 15.9 Å². The molecule has 1 aromatic rings. The number of ether oxygens (including phenoxy) is 2. The van der Waals surface area contributed by atoms with Gasteiger partial charge in [0.2, 0.25) is 0 Å². The van der Waals surface area contributed by atoms with Gasteiger partial charge in [-0.3, -0.25) is 0 Å². The Hall–Kier alpha value is -1.10. The summed E-state index contributed by atoms with van der Waals surface area (Å²) < 4.78 is 22.9. The standard InChI is InChI=1S/C10H10BrFO3/c1-14-8-4-6(5-11)3-7(9(8)12)10(13)15-2/h3-4H,5H2,1-2H3. The SMILES string of the molecule is COC(=O)c1cc(CBr)cc(OC)c1F. The van der Waals surface area contributed by atoms with Crippen LogP contribution < -0.4 is 4.74 Å². The number of methoxy groups -OCH3 is 2. The van der Waals surface area contributed by atoms with E-state index in [9.17, 15) is 9.18 Å². The summed E-state index contributed by atoms with van der Waals surface area (Å²) in [5.74, 6) is -1.38. The number of hydrogen-bond donors (Lipinski definition) is 0. The van der Waals surface area contributed by atoms with Gasteiger partial charge in [0.15, 0.2) is 11.6 Å². The number of esters is 1. The van der Waals surface area contributed by atoms with Gasteiger partial charge < -0.3 is 9.47 Å². The highest BCUT2D eigenvalue weighted by molar-refractivity contribution is 9.08. The van der Waals surface area contributed by atoms with Crippen molar-refractivity contribution < 1.29 is 18.7 Å². The van der Waals surface area contributed by atoms with E-state index in [1.165, 1.54) is 26.4 Å². The lowest BCUT2D eigenvalue weighted by atomic mass is 10.1. The first-order valence-corrected chi connectivity index (χ1v) is 5.26. The normalized spacial score (nSPS) is 9.87. The molecule has 0 N–H and O–H groups in total. The van der Waals surface area contributed by atoms with Crippen LogP contribution in [0.1, 0.15) is 15.9 Å². The van der Waals surface area contributed by atoms with E-state index >= 15 is 0 Å². The Kier molecular flexibility index (Phi) is 4.08. The minimum Gasteiger partial charge on any atom is -0.494 e. The minimum atomic E-state index is -0.714. The Morgan fingerprint density at radius 3 is 2.60 bits per heavy atom. The van der Waals surface area contributed by atoms with Gasteiger partial charge in [-0.1, -0.05) is 15.9 Å². The van der Waals surface area contributed by atoms with Crippen LogP contribution in [-0.4, -0.2) is 20.2 Å². The largest absolute Gasteiger partial charge is 0.494 e. The molecular weight excluding hydrogens is 267 g/mol. The van der Waals surface area contributed by atoms with Gasteiger partial charge in [0, 0.05) is 5.33 Å². The molecular formula is C10H10BrFO3. The molecule has 0 atom stereocenters. The summed E-state index contributed by atoms with van der Waals surface area (Å²) >= 11 is 3.22. The zero-order valence-electron chi connectivity index (χ0n) is 8.34. The second kappa shape index (κ2) is 5.11. The fourth-order valence-electron chi connectivity index (χ4n) is 1.14. The first-order chi connectivity index (χ1) is 7.13. The van der Waals surface area contributed by atoms with Crippen LogP contribution in [0, 0.1) is 5.82 Å². The summed E-state index contributed by atoms with van der Waals surface area (Å²) in [6.45, 7) is 0. The van der Waals surface area contributed by atoms with E-state index in [1.54, 1.807) is 0 Å². The maximum absolute atomic E-state index is 13.6. The topological polar surface area (TPSA) is 35.5 Å². The van der Waals surface area contributed by atoms with Crippen LogP contribution in [0.2, 0.25) is 0 Å². The molecule has 3 nitrogen and oxygen atoms in total. The predicted octanol–water partition coefficient (Wildman–Crippen LogP) is 2.52. The molecule has 0 heterocycles. The number of hydrogen-bond acceptors (Lipinski definition) is 3. The van der Waals surface area contributed by atoms with E-state index in [2.05, 4.69) is 20.7 Å². The fraction of sp³-hybridized carbons (Fsp3) is 0.300. The van der Waals surface area contributed by atoms with Gasteiger partial charge in [0.05, 0.1) is 19.8 Å². The fourth-order valence-corrected chi connectivity index (χ4v) is 1.46. The Labute approximate surface area is 95.3 Å². The molecule has 0 aliphatic heterocycles. The summed E-state index contributed by atoms with van der Waals surface area (Å²) in [5, 5.41) is 0.508. The maximum Gasteiger partial charge on any atom is 0.341 e. The molecule has 0 bridgehead atoms. The van der Waals surface area contributed by atoms with Crippen LogP contribution in [0.15, 0.2) is 12.1 Å². The monoisotopic (exact) mass is 276 g/mol. The molecule has 1 aromatic carbocycles. The maximum atomic E-state index is 13.6. The minimum absolute atomic E-state index is 0.0346. The van der Waals surface area contributed by atoms with Crippen molar-refractivity contribution in [2.24, 2.45) is 0 Å². The molecule has 0 aromatic heterocycles. The Balaban J connectivity index is 3.30. The highest BCUT2D eigenvalue weighted by Gasteiger charge is 2.17. The van der Waals surface area contributed by atoms with Crippen molar-refractivity contribution in [2.75, 3.05) is 14.2 Å². The van der Waals surface area contributed by atoms with Crippen LogP contribution in [0.5, 0.6) is 5.75 Å².